The highest BCUT2D eigenvalue weighted by Gasteiger charge is 2.35. The Morgan fingerprint density at radius 3 is 2.44 bits per heavy atom. The standard InChI is InChI=1S/C29H36F3N7O3S/c1-18-6-7-21(25(14-18)39(4)43(5,41)42)16-33-26-23(29(30,31)32)17-34-28(37-26)36-24-9-8-20(15-19(24)2)27(40)35-22-10-12-38(3)13-11-22/h6-9,14-15,17,22H,10-13,16H2,1-5H3,(H,35,40)(H2,33,34,36,37). The van der Waals surface area contributed by atoms with Crippen molar-refractivity contribution >= 4 is 39.1 Å². The number of benzene rings is 2. The SMILES string of the molecule is Cc1ccc(CNc2nc(Nc3ccc(C(=O)NC4CCN(C)CC4)cc3C)ncc2C(F)(F)F)c(N(C)S(C)(=O)=O)c1. The number of anilines is 4. The number of sulfonamides is 1. The number of hydrogen-bond acceptors (Lipinski definition) is 8. The summed E-state index contributed by atoms with van der Waals surface area (Å²) in [7, 11) is -0.179. The minimum absolute atomic E-state index is 0.0838. The number of aromatic nitrogens is 2. The van der Waals surface area contributed by atoms with Crippen LogP contribution >= 0.6 is 0 Å². The molecule has 43 heavy (non-hydrogen) atoms. The van der Waals surface area contributed by atoms with E-state index in [0.717, 1.165) is 42.1 Å². The molecule has 4 rings (SSSR count). The number of piperidine rings is 1. The topological polar surface area (TPSA) is 120 Å². The Morgan fingerprint density at radius 2 is 1.81 bits per heavy atom. The van der Waals surface area contributed by atoms with Gasteiger partial charge in [0, 0.05) is 37.1 Å². The van der Waals surface area contributed by atoms with Crippen LogP contribution in [0.1, 0.15) is 45.5 Å². The molecule has 0 spiro atoms. The van der Waals surface area contributed by atoms with Crippen LogP contribution in [0.4, 0.5) is 36.3 Å². The fourth-order valence-corrected chi connectivity index (χ4v) is 5.27. The van der Waals surface area contributed by atoms with Crippen molar-refractivity contribution in [2.24, 2.45) is 0 Å². The van der Waals surface area contributed by atoms with Gasteiger partial charge in [-0.25, -0.2) is 13.4 Å². The molecule has 0 saturated carbocycles. The van der Waals surface area contributed by atoms with Gasteiger partial charge in [-0.05, 0) is 87.8 Å². The molecule has 0 bridgehead atoms. The van der Waals surface area contributed by atoms with E-state index in [0.29, 0.717) is 34.3 Å². The number of nitrogens with zero attached hydrogens (tertiary/aromatic N) is 4. The van der Waals surface area contributed by atoms with Crippen molar-refractivity contribution in [3.05, 3.63) is 70.4 Å². The molecule has 1 amide bonds. The van der Waals surface area contributed by atoms with Gasteiger partial charge in [-0.15, -0.1) is 0 Å². The Labute approximate surface area is 249 Å². The van der Waals surface area contributed by atoms with Crippen molar-refractivity contribution in [2.45, 2.75) is 45.5 Å². The maximum atomic E-state index is 13.9. The molecule has 0 unspecified atom stereocenters. The number of aryl methyl sites for hydroxylation is 2. The summed E-state index contributed by atoms with van der Waals surface area (Å²) in [6.07, 6.45) is -1.24. The molecule has 1 saturated heterocycles. The fourth-order valence-electron chi connectivity index (χ4n) is 4.75. The third-order valence-corrected chi connectivity index (χ3v) is 8.60. The van der Waals surface area contributed by atoms with Gasteiger partial charge < -0.3 is 20.9 Å². The Kier molecular flexibility index (Phi) is 9.50. The summed E-state index contributed by atoms with van der Waals surface area (Å²) in [6.45, 7) is 5.27. The van der Waals surface area contributed by atoms with Gasteiger partial charge in [0.05, 0.1) is 11.9 Å². The van der Waals surface area contributed by atoms with Gasteiger partial charge in [-0.3, -0.25) is 9.10 Å². The molecule has 14 heteroatoms. The van der Waals surface area contributed by atoms with Crippen LogP contribution < -0.4 is 20.3 Å². The number of alkyl halides is 3. The number of rotatable bonds is 9. The maximum Gasteiger partial charge on any atom is 0.421 e. The Balaban J connectivity index is 1.54. The number of likely N-dealkylation sites (tertiary alicyclic amines) is 1. The Bertz CT molecular complexity index is 1590. The quantitative estimate of drug-likeness (QED) is 0.316. The second kappa shape index (κ2) is 12.8. The lowest BCUT2D eigenvalue weighted by molar-refractivity contribution is -0.137. The number of carbonyl (C=O) groups is 1. The zero-order chi connectivity index (χ0) is 31.5. The van der Waals surface area contributed by atoms with Gasteiger partial charge >= 0.3 is 6.18 Å². The van der Waals surface area contributed by atoms with Crippen LogP contribution in [-0.4, -0.2) is 68.7 Å². The van der Waals surface area contributed by atoms with E-state index >= 15 is 0 Å². The summed E-state index contributed by atoms with van der Waals surface area (Å²) in [5.41, 5.74) is 2.21. The first-order valence-corrected chi connectivity index (χ1v) is 15.6. The average molecular weight is 620 g/mol. The largest absolute Gasteiger partial charge is 0.421 e. The van der Waals surface area contributed by atoms with Crippen molar-refractivity contribution in [1.29, 1.82) is 0 Å². The van der Waals surface area contributed by atoms with Gasteiger partial charge in [0.15, 0.2) is 0 Å². The van der Waals surface area contributed by atoms with Crippen molar-refractivity contribution in [3.63, 3.8) is 0 Å². The molecule has 0 aliphatic carbocycles. The van der Waals surface area contributed by atoms with E-state index in [1.807, 2.05) is 7.05 Å². The smallest absolute Gasteiger partial charge is 0.365 e. The Morgan fingerprint density at radius 1 is 1.12 bits per heavy atom. The van der Waals surface area contributed by atoms with E-state index in [1.54, 1.807) is 50.2 Å². The lowest BCUT2D eigenvalue weighted by Crippen LogP contribution is -2.43. The summed E-state index contributed by atoms with van der Waals surface area (Å²) >= 11 is 0. The molecule has 0 radical (unpaired) electrons. The van der Waals surface area contributed by atoms with E-state index < -0.39 is 27.6 Å². The van der Waals surface area contributed by atoms with E-state index in [-0.39, 0.29) is 24.4 Å². The highest BCUT2D eigenvalue weighted by Crippen LogP contribution is 2.35. The summed E-state index contributed by atoms with van der Waals surface area (Å²) in [5, 5.41) is 8.73. The van der Waals surface area contributed by atoms with Crippen LogP contribution in [0.2, 0.25) is 0 Å². The van der Waals surface area contributed by atoms with Gasteiger partial charge in [-0.2, -0.15) is 18.2 Å². The highest BCUT2D eigenvalue weighted by molar-refractivity contribution is 7.92. The second-order valence-corrected chi connectivity index (χ2v) is 12.9. The zero-order valence-electron chi connectivity index (χ0n) is 24.7. The molecule has 1 aromatic heterocycles. The van der Waals surface area contributed by atoms with Crippen LogP contribution in [0.3, 0.4) is 0 Å². The van der Waals surface area contributed by atoms with E-state index in [1.165, 1.54) is 7.05 Å². The van der Waals surface area contributed by atoms with Crippen molar-refractivity contribution in [3.8, 4) is 0 Å². The van der Waals surface area contributed by atoms with Crippen molar-refractivity contribution in [1.82, 2.24) is 20.2 Å². The second-order valence-electron chi connectivity index (χ2n) is 10.9. The third-order valence-electron chi connectivity index (χ3n) is 7.41. The number of carbonyl (C=O) groups excluding carboxylic acids is 1. The third kappa shape index (κ3) is 8.14. The number of amides is 1. The van der Waals surface area contributed by atoms with Crippen LogP contribution in [0.25, 0.3) is 0 Å². The van der Waals surface area contributed by atoms with Crippen LogP contribution in [0, 0.1) is 13.8 Å². The molecule has 1 aliphatic heterocycles. The predicted octanol–water partition coefficient (Wildman–Crippen LogP) is 4.69. The average Bonchev–Trinajstić information content (AvgIpc) is 2.93. The molecule has 1 fully saturated rings. The van der Waals surface area contributed by atoms with E-state index in [9.17, 15) is 26.4 Å². The zero-order valence-corrected chi connectivity index (χ0v) is 25.5. The molecule has 0 atom stereocenters. The number of nitrogens with one attached hydrogen (secondary N) is 3. The van der Waals surface area contributed by atoms with Gasteiger partial charge in [0.2, 0.25) is 16.0 Å². The summed E-state index contributed by atoms with van der Waals surface area (Å²) in [4.78, 5) is 23.0. The minimum Gasteiger partial charge on any atom is -0.365 e. The monoisotopic (exact) mass is 619 g/mol. The molecular formula is C29H36F3N7O3S. The van der Waals surface area contributed by atoms with E-state index in [2.05, 4.69) is 30.8 Å². The van der Waals surface area contributed by atoms with Gasteiger partial charge in [-0.1, -0.05) is 12.1 Å². The summed E-state index contributed by atoms with van der Waals surface area (Å²) < 4.78 is 67.0. The first-order chi connectivity index (χ1) is 20.1. The summed E-state index contributed by atoms with van der Waals surface area (Å²) in [6, 6.07) is 10.2. The van der Waals surface area contributed by atoms with E-state index in [4.69, 9.17) is 0 Å². The normalized spacial score (nSPS) is 14.8. The highest BCUT2D eigenvalue weighted by atomic mass is 32.2. The minimum atomic E-state index is -4.74. The summed E-state index contributed by atoms with van der Waals surface area (Å²) in [5.74, 6) is -0.733. The maximum absolute atomic E-state index is 13.9. The van der Waals surface area contributed by atoms with Gasteiger partial charge in [0.25, 0.3) is 5.91 Å². The number of hydrogen-bond donors (Lipinski definition) is 3. The van der Waals surface area contributed by atoms with Crippen molar-refractivity contribution in [2.75, 3.05) is 48.4 Å². The molecule has 232 valence electrons. The lowest BCUT2D eigenvalue weighted by Gasteiger charge is -2.29. The predicted molar refractivity (Wildman–Crippen MR) is 161 cm³/mol. The number of halogens is 3. The first kappa shape index (κ1) is 32.0. The first-order valence-electron chi connectivity index (χ1n) is 13.7. The molecule has 2 aromatic carbocycles. The fraction of sp³-hybridized carbons (Fsp3) is 0.414. The molecule has 2 heterocycles. The molecule has 3 N–H and O–H groups in total. The molecule has 1 aliphatic rings. The van der Waals surface area contributed by atoms with Crippen molar-refractivity contribution < 1.29 is 26.4 Å². The van der Waals surface area contributed by atoms with Gasteiger partial charge in [0.1, 0.15) is 11.4 Å². The molecule has 10 nitrogen and oxygen atoms in total. The van der Waals surface area contributed by atoms with Crippen LogP contribution in [0.5, 0.6) is 0 Å². The molecular weight excluding hydrogens is 583 g/mol. The Hall–Kier alpha value is -3.91. The van der Waals surface area contributed by atoms with Crippen LogP contribution in [-0.2, 0) is 22.7 Å². The van der Waals surface area contributed by atoms with Crippen LogP contribution in [0.15, 0.2) is 42.6 Å². The molecule has 3 aromatic rings. The lowest BCUT2D eigenvalue weighted by atomic mass is 10.0.